The molecule has 0 spiro atoms. The maximum Gasteiger partial charge on any atom is 0.137 e. The van der Waals surface area contributed by atoms with Gasteiger partial charge in [-0.1, -0.05) is 13.3 Å². The Morgan fingerprint density at radius 2 is 2.36 bits per heavy atom. The van der Waals surface area contributed by atoms with E-state index in [1.54, 1.807) is 6.20 Å². The Hall–Kier alpha value is -0.830. The fourth-order valence-corrected chi connectivity index (χ4v) is 2.24. The molecule has 1 unspecified atom stereocenters. The van der Waals surface area contributed by atoms with Crippen LogP contribution in [-0.2, 0) is 7.05 Å². The Bertz CT molecular complexity index is 315. The fourth-order valence-electron chi connectivity index (χ4n) is 2.24. The highest BCUT2D eigenvalue weighted by molar-refractivity contribution is 4.98. The van der Waals surface area contributed by atoms with Gasteiger partial charge in [-0.05, 0) is 24.7 Å². The maximum atomic E-state index is 10.0. The van der Waals surface area contributed by atoms with E-state index >= 15 is 0 Å². The number of imidazole rings is 1. The van der Waals surface area contributed by atoms with Crippen molar-refractivity contribution in [2.45, 2.75) is 38.7 Å². The first-order valence-corrected chi connectivity index (χ1v) is 5.26. The van der Waals surface area contributed by atoms with Gasteiger partial charge < -0.3 is 9.67 Å². The largest absolute Gasteiger partial charge is 0.385 e. The van der Waals surface area contributed by atoms with Crippen LogP contribution in [0.5, 0.6) is 0 Å². The third-order valence-electron chi connectivity index (χ3n) is 3.40. The van der Waals surface area contributed by atoms with E-state index in [0.29, 0.717) is 5.41 Å². The zero-order chi connectivity index (χ0) is 10.2. The van der Waals surface area contributed by atoms with Crippen LogP contribution >= 0.6 is 0 Å². The van der Waals surface area contributed by atoms with E-state index in [1.807, 2.05) is 17.8 Å². The molecule has 0 amide bonds. The second kappa shape index (κ2) is 3.39. The highest BCUT2D eigenvalue weighted by atomic mass is 16.3. The Labute approximate surface area is 84.8 Å². The van der Waals surface area contributed by atoms with E-state index in [2.05, 4.69) is 11.9 Å². The second-order valence-corrected chi connectivity index (χ2v) is 4.78. The molecule has 1 aliphatic rings. The first-order valence-electron chi connectivity index (χ1n) is 5.26. The Morgan fingerprint density at radius 1 is 1.64 bits per heavy atom. The SMILES string of the molecule is Cn1ccnc1C(O)CC1(C)CCC1. The van der Waals surface area contributed by atoms with Gasteiger partial charge in [-0.25, -0.2) is 4.98 Å². The number of hydrogen-bond donors (Lipinski definition) is 1. The van der Waals surface area contributed by atoms with Gasteiger partial charge in [0.05, 0.1) is 0 Å². The lowest BCUT2D eigenvalue weighted by molar-refractivity contribution is 0.0486. The third-order valence-corrected chi connectivity index (χ3v) is 3.40. The molecule has 0 aromatic carbocycles. The van der Waals surface area contributed by atoms with Crippen LogP contribution in [-0.4, -0.2) is 14.7 Å². The van der Waals surface area contributed by atoms with Crippen LogP contribution in [0.1, 0.15) is 44.5 Å². The summed E-state index contributed by atoms with van der Waals surface area (Å²) in [5.41, 5.74) is 0.353. The quantitative estimate of drug-likeness (QED) is 0.799. The molecular formula is C11H18N2O. The summed E-state index contributed by atoms with van der Waals surface area (Å²) >= 11 is 0. The lowest BCUT2D eigenvalue weighted by Crippen LogP contribution is -2.28. The zero-order valence-corrected chi connectivity index (χ0v) is 8.90. The van der Waals surface area contributed by atoms with Gasteiger partial charge in [0, 0.05) is 19.4 Å². The van der Waals surface area contributed by atoms with Crippen molar-refractivity contribution < 1.29 is 5.11 Å². The number of aliphatic hydroxyl groups is 1. The number of aliphatic hydroxyl groups excluding tert-OH is 1. The smallest absolute Gasteiger partial charge is 0.137 e. The van der Waals surface area contributed by atoms with E-state index in [4.69, 9.17) is 0 Å². The van der Waals surface area contributed by atoms with Gasteiger partial charge >= 0.3 is 0 Å². The number of nitrogens with zero attached hydrogens (tertiary/aromatic N) is 2. The minimum absolute atomic E-state index is 0.353. The number of rotatable bonds is 3. The molecule has 1 atom stereocenters. The molecule has 3 heteroatoms. The van der Waals surface area contributed by atoms with Gasteiger partial charge in [0.1, 0.15) is 11.9 Å². The summed E-state index contributed by atoms with van der Waals surface area (Å²) in [5.74, 6) is 0.790. The van der Waals surface area contributed by atoms with E-state index in [0.717, 1.165) is 12.2 Å². The fraction of sp³-hybridized carbons (Fsp3) is 0.727. The van der Waals surface area contributed by atoms with Crippen molar-refractivity contribution in [1.29, 1.82) is 0 Å². The molecule has 0 radical (unpaired) electrons. The van der Waals surface area contributed by atoms with E-state index in [-0.39, 0.29) is 0 Å². The molecule has 3 nitrogen and oxygen atoms in total. The van der Waals surface area contributed by atoms with Crippen molar-refractivity contribution in [2.24, 2.45) is 12.5 Å². The van der Waals surface area contributed by atoms with Crippen molar-refractivity contribution in [3.05, 3.63) is 18.2 Å². The molecule has 2 rings (SSSR count). The molecule has 14 heavy (non-hydrogen) atoms. The average molecular weight is 194 g/mol. The predicted molar refractivity (Wildman–Crippen MR) is 54.7 cm³/mol. The van der Waals surface area contributed by atoms with Crippen molar-refractivity contribution in [3.8, 4) is 0 Å². The highest BCUT2D eigenvalue weighted by Crippen LogP contribution is 2.46. The van der Waals surface area contributed by atoms with Crippen molar-refractivity contribution in [1.82, 2.24) is 9.55 Å². The summed E-state index contributed by atoms with van der Waals surface area (Å²) in [6.07, 6.45) is 7.86. The minimum Gasteiger partial charge on any atom is -0.385 e. The van der Waals surface area contributed by atoms with Crippen LogP contribution in [0.2, 0.25) is 0 Å². The molecule has 0 aliphatic heterocycles. The summed E-state index contributed by atoms with van der Waals surface area (Å²) in [6.45, 7) is 2.25. The Morgan fingerprint density at radius 3 is 2.79 bits per heavy atom. The van der Waals surface area contributed by atoms with Gasteiger partial charge in [0.15, 0.2) is 0 Å². The van der Waals surface area contributed by atoms with E-state index in [9.17, 15) is 5.11 Å². The molecule has 0 bridgehead atoms. The molecule has 1 aromatic rings. The van der Waals surface area contributed by atoms with Crippen LogP contribution in [0.4, 0.5) is 0 Å². The predicted octanol–water partition coefficient (Wildman–Crippen LogP) is 2.03. The Balaban J connectivity index is 2.02. The molecule has 1 aliphatic carbocycles. The van der Waals surface area contributed by atoms with Gasteiger partial charge in [0.2, 0.25) is 0 Å². The first-order chi connectivity index (χ1) is 6.61. The number of aryl methyl sites for hydroxylation is 1. The second-order valence-electron chi connectivity index (χ2n) is 4.78. The number of hydrogen-bond acceptors (Lipinski definition) is 2. The van der Waals surface area contributed by atoms with E-state index < -0.39 is 6.10 Å². The lowest BCUT2D eigenvalue weighted by atomic mass is 9.67. The molecule has 0 saturated heterocycles. The number of aromatic nitrogens is 2. The van der Waals surface area contributed by atoms with Crippen molar-refractivity contribution >= 4 is 0 Å². The summed E-state index contributed by atoms with van der Waals surface area (Å²) < 4.78 is 1.90. The van der Waals surface area contributed by atoms with Crippen LogP contribution in [0.25, 0.3) is 0 Å². The molecule has 1 fully saturated rings. The van der Waals surface area contributed by atoms with Crippen molar-refractivity contribution in [3.63, 3.8) is 0 Å². The average Bonchev–Trinajstić information content (AvgIpc) is 2.48. The van der Waals surface area contributed by atoms with Crippen LogP contribution in [0.3, 0.4) is 0 Å². The summed E-state index contributed by atoms with van der Waals surface area (Å²) in [4.78, 5) is 4.17. The minimum atomic E-state index is -0.403. The molecule has 1 aromatic heterocycles. The third kappa shape index (κ3) is 1.69. The summed E-state index contributed by atoms with van der Waals surface area (Å²) in [5, 5.41) is 10.0. The van der Waals surface area contributed by atoms with Crippen LogP contribution < -0.4 is 0 Å². The molecule has 1 heterocycles. The Kier molecular flexibility index (Phi) is 2.35. The topological polar surface area (TPSA) is 38.0 Å². The van der Waals surface area contributed by atoms with Gasteiger partial charge in [-0.15, -0.1) is 0 Å². The molecular weight excluding hydrogens is 176 g/mol. The molecule has 78 valence electrons. The van der Waals surface area contributed by atoms with Crippen LogP contribution in [0, 0.1) is 5.41 Å². The van der Waals surface area contributed by atoms with E-state index in [1.165, 1.54) is 19.3 Å². The lowest BCUT2D eigenvalue weighted by Gasteiger charge is -2.39. The van der Waals surface area contributed by atoms with Gasteiger partial charge in [-0.3, -0.25) is 0 Å². The summed E-state index contributed by atoms with van der Waals surface area (Å²) in [7, 11) is 1.93. The highest BCUT2D eigenvalue weighted by Gasteiger charge is 2.34. The standard InChI is InChI=1S/C11H18N2O/c1-11(4-3-5-11)8-9(14)10-12-6-7-13(10)2/h6-7,9,14H,3-5,8H2,1-2H3. The molecule has 1 N–H and O–H groups in total. The monoisotopic (exact) mass is 194 g/mol. The molecule has 1 saturated carbocycles. The van der Waals surface area contributed by atoms with Crippen LogP contribution in [0.15, 0.2) is 12.4 Å². The summed E-state index contributed by atoms with van der Waals surface area (Å²) in [6, 6.07) is 0. The first kappa shape index (κ1) is 9.71. The van der Waals surface area contributed by atoms with Gasteiger partial charge in [-0.2, -0.15) is 0 Å². The zero-order valence-electron chi connectivity index (χ0n) is 8.90. The normalized spacial score (nSPS) is 21.6. The van der Waals surface area contributed by atoms with Gasteiger partial charge in [0.25, 0.3) is 0 Å². The van der Waals surface area contributed by atoms with Crippen molar-refractivity contribution in [2.75, 3.05) is 0 Å². The maximum absolute atomic E-state index is 10.0.